The van der Waals surface area contributed by atoms with E-state index in [1.807, 2.05) is 0 Å². The lowest BCUT2D eigenvalue weighted by molar-refractivity contribution is 0.610. The molecule has 19 heavy (non-hydrogen) atoms. The highest BCUT2D eigenvalue weighted by Gasteiger charge is 2.05. The lowest BCUT2D eigenvalue weighted by Crippen LogP contribution is -2.08. The summed E-state index contributed by atoms with van der Waals surface area (Å²) in [6, 6.07) is 9.36. The van der Waals surface area contributed by atoms with E-state index in [-0.39, 0.29) is 11.5 Å². The van der Waals surface area contributed by atoms with Crippen molar-refractivity contribution in [3.05, 3.63) is 58.1 Å². The smallest absolute Gasteiger partial charge is 0.148 e. The number of halogens is 3. The molecule has 0 fully saturated rings. The van der Waals surface area contributed by atoms with E-state index in [1.54, 1.807) is 24.3 Å². The summed E-state index contributed by atoms with van der Waals surface area (Å²) < 4.78 is 27.5. The van der Waals surface area contributed by atoms with Gasteiger partial charge in [0.1, 0.15) is 11.6 Å². The molecule has 2 rings (SSSR count). The lowest BCUT2D eigenvalue weighted by Gasteiger charge is -2.10. The molecule has 2 aromatic rings. The first-order chi connectivity index (χ1) is 9.08. The summed E-state index contributed by atoms with van der Waals surface area (Å²) in [7, 11) is 0. The number of nitrogens with one attached hydrogen (secondary N) is 1. The first-order valence-electron chi connectivity index (χ1n) is 5.79. The Kier molecular flexibility index (Phi) is 4.37. The second-order valence-electron chi connectivity index (χ2n) is 4.11. The molecule has 0 aliphatic heterocycles. The Hall–Kier alpha value is -1.62. The van der Waals surface area contributed by atoms with Crippen LogP contribution in [0, 0.1) is 11.6 Å². The van der Waals surface area contributed by atoms with Crippen molar-refractivity contribution in [3.8, 4) is 0 Å². The van der Waals surface area contributed by atoms with Gasteiger partial charge in [0.15, 0.2) is 0 Å². The van der Waals surface area contributed by atoms with Crippen molar-refractivity contribution in [2.75, 3.05) is 17.6 Å². The van der Waals surface area contributed by atoms with Crippen LogP contribution in [0.3, 0.4) is 0 Å². The van der Waals surface area contributed by atoms with Gasteiger partial charge in [-0.05, 0) is 42.3 Å². The van der Waals surface area contributed by atoms with Gasteiger partial charge in [0, 0.05) is 11.0 Å². The monoisotopic (exact) mass is 326 g/mol. The molecular formula is C14H13BrF2N2. The summed E-state index contributed by atoms with van der Waals surface area (Å²) in [6.45, 7) is 0.473. The third-order valence-electron chi connectivity index (χ3n) is 2.77. The standard InChI is InChI=1S/C14H13BrF2N2/c15-10-4-5-11(16)9(8-10)6-7-19-13-3-1-2-12(17)14(13)18/h1-5,8,19H,6-7,18H2. The molecular weight excluding hydrogens is 314 g/mol. The number of hydrogen-bond acceptors (Lipinski definition) is 2. The minimum Gasteiger partial charge on any atom is -0.395 e. The summed E-state index contributed by atoms with van der Waals surface area (Å²) in [5.41, 5.74) is 6.80. The number of hydrogen-bond donors (Lipinski definition) is 2. The maximum absolute atomic E-state index is 13.5. The third kappa shape index (κ3) is 3.44. The van der Waals surface area contributed by atoms with Crippen LogP contribution in [0.1, 0.15) is 5.56 Å². The fourth-order valence-corrected chi connectivity index (χ4v) is 2.17. The largest absolute Gasteiger partial charge is 0.395 e. The molecule has 2 nitrogen and oxygen atoms in total. The minimum absolute atomic E-state index is 0.0808. The van der Waals surface area contributed by atoms with Crippen LogP contribution in [0.15, 0.2) is 40.9 Å². The van der Waals surface area contributed by atoms with E-state index in [9.17, 15) is 8.78 Å². The van der Waals surface area contributed by atoms with Gasteiger partial charge in [-0.3, -0.25) is 0 Å². The summed E-state index contributed by atoms with van der Waals surface area (Å²) in [5, 5.41) is 3.00. The SMILES string of the molecule is Nc1c(F)cccc1NCCc1cc(Br)ccc1F. The number of benzene rings is 2. The Balaban J connectivity index is 2.00. The summed E-state index contributed by atoms with van der Waals surface area (Å²) in [5.74, 6) is -0.712. The fourth-order valence-electron chi connectivity index (χ4n) is 1.76. The van der Waals surface area contributed by atoms with E-state index in [1.165, 1.54) is 12.1 Å². The summed E-state index contributed by atoms with van der Waals surface area (Å²) in [6.07, 6.45) is 0.487. The summed E-state index contributed by atoms with van der Waals surface area (Å²) >= 11 is 3.30. The number of nitrogen functional groups attached to an aromatic ring is 1. The molecule has 5 heteroatoms. The predicted molar refractivity (Wildman–Crippen MR) is 77.1 cm³/mol. The van der Waals surface area contributed by atoms with Gasteiger partial charge in [0.2, 0.25) is 0 Å². The molecule has 0 saturated carbocycles. The first-order valence-corrected chi connectivity index (χ1v) is 6.59. The molecule has 0 amide bonds. The van der Waals surface area contributed by atoms with Crippen molar-refractivity contribution in [1.29, 1.82) is 0 Å². The predicted octanol–water partition coefficient (Wildman–Crippen LogP) is 3.96. The van der Waals surface area contributed by atoms with E-state index in [4.69, 9.17) is 5.73 Å². The van der Waals surface area contributed by atoms with Gasteiger partial charge >= 0.3 is 0 Å². The molecule has 0 unspecified atom stereocenters. The number of nitrogens with two attached hydrogens (primary N) is 1. The Morgan fingerprint density at radius 1 is 1.11 bits per heavy atom. The van der Waals surface area contributed by atoms with Gasteiger partial charge in [0.05, 0.1) is 11.4 Å². The van der Waals surface area contributed by atoms with Crippen molar-refractivity contribution in [2.24, 2.45) is 0 Å². The highest BCUT2D eigenvalue weighted by molar-refractivity contribution is 9.10. The second-order valence-corrected chi connectivity index (χ2v) is 5.03. The van der Waals surface area contributed by atoms with Gasteiger partial charge in [0.25, 0.3) is 0 Å². The van der Waals surface area contributed by atoms with Crippen LogP contribution in [0.5, 0.6) is 0 Å². The van der Waals surface area contributed by atoms with Crippen molar-refractivity contribution < 1.29 is 8.78 Å². The quantitative estimate of drug-likeness (QED) is 0.834. The minimum atomic E-state index is -0.460. The van der Waals surface area contributed by atoms with Crippen LogP contribution in [0.25, 0.3) is 0 Å². The molecule has 0 radical (unpaired) electrons. The van der Waals surface area contributed by atoms with Crippen LogP contribution < -0.4 is 11.1 Å². The van der Waals surface area contributed by atoms with Crippen LogP contribution >= 0.6 is 15.9 Å². The number of rotatable bonds is 4. The number of anilines is 2. The van der Waals surface area contributed by atoms with Crippen molar-refractivity contribution in [3.63, 3.8) is 0 Å². The van der Waals surface area contributed by atoms with E-state index in [0.29, 0.717) is 24.2 Å². The third-order valence-corrected chi connectivity index (χ3v) is 3.26. The van der Waals surface area contributed by atoms with E-state index >= 15 is 0 Å². The van der Waals surface area contributed by atoms with Crippen LogP contribution in [0.2, 0.25) is 0 Å². The molecule has 3 N–H and O–H groups in total. The van der Waals surface area contributed by atoms with Crippen molar-refractivity contribution in [1.82, 2.24) is 0 Å². The Bertz CT molecular complexity index is 586. The maximum atomic E-state index is 13.5. The molecule has 2 aromatic carbocycles. The molecule has 0 heterocycles. The average Bonchev–Trinajstić information content (AvgIpc) is 2.38. The van der Waals surface area contributed by atoms with Gasteiger partial charge in [-0.25, -0.2) is 8.78 Å². The van der Waals surface area contributed by atoms with Gasteiger partial charge in [-0.2, -0.15) is 0 Å². The van der Waals surface area contributed by atoms with E-state index in [0.717, 1.165) is 4.47 Å². The van der Waals surface area contributed by atoms with Gasteiger partial charge < -0.3 is 11.1 Å². The van der Waals surface area contributed by atoms with Gasteiger partial charge in [-0.15, -0.1) is 0 Å². The average molecular weight is 327 g/mol. The van der Waals surface area contributed by atoms with Crippen LogP contribution in [-0.4, -0.2) is 6.54 Å². The molecule has 0 bridgehead atoms. The molecule has 0 aromatic heterocycles. The van der Waals surface area contributed by atoms with Crippen molar-refractivity contribution in [2.45, 2.75) is 6.42 Å². The molecule has 0 aliphatic rings. The molecule has 0 aliphatic carbocycles. The van der Waals surface area contributed by atoms with Gasteiger partial charge in [-0.1, -0.05) is 22.0 Å². The molecule has 100 valence electrons. The maximum Gasteiger partial charge on any atom is 0.148 e. The summed E-state index contributed by atoms with van der Waals surface area (Å²) in [4.78, 5) is 0. The Morgan fingerprint density at radius 3 is 2.68 bits per heavy atom. The molecule has 0 saturated heterocycles. The second kappa shape index (κ2) is 6.02. The zero-order valence-electron chi connectivity index (χ0n) is 10.1. The Morgan fingerprint density at radius 2 is 1.89 bits per heavy atom. The first kappa shape index (κ1) is 13.8. The zero-order chi connectivity index (χ0) is 13.8. The zero-order valence-corrected chi connectivity index (χ0v) is 11.7. The highest BCUT2D eigenvalue weighted by Crippen LogP contribution is 2.21. The van der Waals surface area contributed by atoms with E-state index < -0.39 is 5.82 Å². The van der Waals surface area contributed by atoms with Crippen LogP contribution in [-0.2, 0) is 6.42 Å². The highest BCUT2D eigenvalue weighted by atomic mass is 79.9. The van der Waals surface area contributed by atoms with E-state index in [2.05, 4.69) is 21.2 Å². The topological polar surface area (TPSA) is 38.0 Å². The molecule has 0 spiro atoms. The normalized spacial score (nSPS) is 10.5. The van der Waals surface area contributed by atoms with Crippen molar-refractivity contribution >= 4 is 27.3 Å². The Labute approximate surface area is 118 Å². The molecule has 0 atom stereocenters. The fraction of sp³-hybridized carbons (Fsp3) is 0.143. The number of para-hydroxylation sites is 1. The van der Waals surface area contributed by atoms with Crippen LogP contribution in [0.4, 0.5) is 20.2 Å². The lowest BCUT2D eigenvalue weighted by atomic mass is 10.1.